The van der Waals surface area contributed by atoms with Crippen molar-refractivity contribution in [2.24, 2.45) is 0 Å². The first-order valence-electron chi connectivity index (χ1n) is 8.04. The predicted molar refractivity (Wildman–Crippen MR) is 90.9 cm³/mol. The summed E-state index contributed by atoms with van der Waals surface area (Å²) in [4.78, 5) is 35.0. The second-order valence-electron chi connectivity index (χ2n) is 5.28. The van der Waals surface area contributed by atoms with Crippen molar-refractivity contribution in [3.63, 3.8) is 0 Å². The number of carbonyl (C=O) groups is 3. The van der Waals surface area contributed by atoms with Gasteiger partial charge in [0.05, 0.1) is 18.8 Å². The second kappa shape index (κ2) is 10.2. The Labute approximate surface area is 146 Å². The van der Waals surface area contributed by atoms with Gasteiger partial charge in [0, 0.05) is 6.04 Å². The third-order valence-electron chi connectivity index (χ3n) is 2.79. The number of carbonyl (C=O) groups excluding carboxylic acids is 3. The number of esters is 1. The van der Waals surface area contributed by atoms with Crippen LogP contribution in [-0.4, -0.2) is 43.8 Å². The van der Waals surface area contributed by atoms with Crippen molar-refractivity contribution in [1.82, 2.24) is 10.6 Å². The minimum atomic E-state index is -0.720. The quantitative estimate of drug-likeness (QED) is 0.693. The molecule has 0 fully saturated rings. The Kier molecular flexibility index (Phi) is 8.25. The van der Waals surface area contributed by atoms with E-state index in [1.807, 2.05) is 13.8 Å². The maximum absolute atomic E-state index is 12.0. The van der Waals surface area contributed by atoms with Crippen LogP contribution in [0.5, 0.6) is 11.5 Å². The Morgan fingerprint density at radius 1 is 1.04 bits per heavy atom. The first kappa shape index (κ1) is 20.3. The Hall–Kier alpha value is -2.77. The molecular weight excluding hydrogens is 328 g/mol. The standard InChI is InChI=1S/C17H24N2O6/c1-5-23-13-8-7-12(9-14(13)24-6-2)16(21)25-10-15(20)19-17(22)18-11(3)4/h7-9,11H,5-6,10H2,1-4H3,(H2,18,19,20,22). The van der Waals surface area contributed by atoms with E-state index in [2.05, 4.69) is 10.6 Å². The largest absolute Gasteiger partial charge is 0.490 e. The molecule has 0 radical (unpaired) electrons. The molecule has 0 aromatic heterocycles. The van der Waals surface area contributed by atoms with Crippen molar-refractivity contribution in [3.8, 4) is 11.5 Å². The topological polar surface area (TPSA) is 103 Å². The van der Waals surface area contributed by atoms with Crippen LogP contribution in [0, 0.1) is 0 Å². The summed E-state index contributed by atoms with van der Waals surface area (Å²) in [5, 5.41) is 4.56. The van der Waals surface area contributed by atoms with Gasteiger partial charge in [-0.25, -0.2) is 9.59 Å². The second-order valence-corrected chi connectivity index (χ2v) is 5.28. The van der Waals surface area contributed by atoms with Crippen LogP contribution in [0.1, 0.15) is 38.1 Å². The summed E-state index contributed by atoms with van der Waals surface area (Å²) >= 11 is 0. The smallest absolute Gasteiger partial charge is 0.338 e. The van der Waals surface area contributed by atoms with Crippen molar-refractivity contribution < 1.29 is 28.6 Å². The van der Waals surface area contributed by atoms with Crippen LogP contribution in [0.25, 0.3) is 0 Å². The van der Waals surface area contributed by atoms with Crippen molar-refractivity contribution in [2.45, 2.75) is 33.7 Å². The van der Waals surface area contributed by atoms with Crippen LogP contribution in [0.4, 0.5) is 4.79 Å². The lowest BCUT2D eigenvalue weighted by atomic mass is 10.2. The van der Waals surface area contributed by atoms with Crippen molar-refractivity contribution in [3.05, 3.63) is 23.8 Å². The van der Waals surface area contributed by atoms with Gasteiger partial charge < -0.3 is 19.5 Å². The van der Waals surface area contributed by atoms with Gasteiger partial charge >= 0.3 is 12.0 Å². The summed E-state index contributed by atoms with van der Waals surface area (Å²) in [5.41, 5.74) is 0.214. The monoisotopic (exact) mass is 352 g/mol. The highest BCUT2D eigenvalue weighted by Gasteiger charge is 2.15. The molecule has 1 aromatic carbocycles. The Bertz CT molecular complexity index is 615. The van der Waals surface area contributed by atoms with Crippen LogP contribution in [0.2, 0.25) is 0 Å². The van der Waals surface area contributed by atoms with Crippen molar-refractivity contribution in [2.75, 3.05) is 19.8 Å². The van der Waals surface area contributed by atoms with E-state index in [0.717, 1.165) is 0 Å². The fourth-order valence-corrected chi connectivity index (χ4v) is 1.85. The number of ether oxygens (including phenoxy) is 3. The zero-order chi connectivity index (χ0) is 18.8. The van der Waals surface area contributed by atoms with Gasteiger partial charge in [0.25, 0.3) is 5.91 Å². The minimum absolute atomic E-state index is 0.115. The fraction of sp³-hybridized carbons (Fsp3) is 0.471. The highest BCUT2D eigenvalue weighted by molar-refractivity contribution is 5.97. The summed E-state index contributed by atoms with van der Waals surface area (Å²) in [5.74, 6) is -0.491. The highest BCUT2D eigenvalue weighted by atomic mass is 16.5. The van der Waals surface area contributed by atoms with Crippen LogP contribution in [0.3, 0.4) is 0 Å². The minimum Gasteiger partial charge on any atom is -0.490 e. The molecule has 0 aliphatic carbocycles. The molecule has 0 heterocycles. The summed E-state index contributed by atoms with van der Waals surface area (Å²) in [6.07, 6.45) is 0. The fourth-order valence-electron chi connectivity index (χ4n) is 1.85. The summed E-state index contributed by atoms with van der Waals surface area (Å²) in [6, 6.07) is 3.84. The van der Waals surface area contributed by atoms with Crippen LogP contribution in [-0.2, 0) is 9.53 Å². The van der Waals surface area contributed by atoms with E-state index in [9.17, 15) is 14.4 Å². The Morgan fingerprint density at radius 3 is 2.28 bits per heavy atom. The number of hydrogen-bond acceptors (Lipinski definition) is 6. The van der Waals surface area contributed by atoms with Crippen LogP contribution < -0.4 is 20.1 Å². The molecule has 0 spiro atoms. The molecule has 0 aliphatic rings. The lowest BCUT2D eigenvalue weighted by Crippen LogP contribution is -2.44. The third-order valence-corrected chi connectivity index (χ3v) is 2.79. The van der Waals surface area contributed by atoms with Gasteiger partial charge in [-0.05, 0) is 45.9 Å². The first-order chi connectivity index (χ1) is 11.9. The zero-order valence-corrected chi connectivity index (χ0v) is 14.9. The lowest BCUT2D eigenvalue weighted by molar-refractivity contribution is -0.123. The molecule has 0 saturated carbocycles. The van der Waals surface area contributed by atoms with Gasteiger partial charge in [-0.1, -0.05) is 0 Å². The number of nitrogens with one attached hydrogen (secondary N) is 2. The molecule has 1 rings (SSSR count). The zero-order valence-electron chi connectivity index (χ0n) is 14.9. The molecule has 138 valence electrons. The number of hydrogen-bond donors (Lipinski definition) is 2. The van der Waals surface area contributed by atoms with E-state index < -0.39 is 24.5 Å². The SMILES string of the molecule is CCOc1ccc(C(=O)OCC(=O)NC(=O)NC(C)C)cc1OCC. The molecule has 0 atom stereocenters. The van der Waals surface area contributed by atoms with Gasteiger partial charge in [0.1, 0.15) is 0 Å². The molecular formula is C17H24N2O6. The van der Waals surface area contributed by atoms with Crippen LogP contribution in [0.15, 0.2) is 18.2 Å². The van der Waals surface area contributed by atoms with E-state index in [1.165, 1.54) is 12.1 Å². The molecule has 3 amide bonds. The van der Waals surface area contributed by atoms with Crippen LogP contribution >= 0.6 is 0 Å². The van der Waals surface area contributed by atoms with Gasteiger partial charge in [-0.2, -0.15) is 0 Å². The average molecular weight is 352 g/mol. The van der Waals surface area contributed by atoms with Crippen molar-refractivity contribution in [1.29, 1.82) is 0 Å². The van der Waals surface area contributed by atoms with E-state index in [1.54, 1.807) is 19.9 Å². The molecule has 0 saturated heterocycles. The number of imide groups is 1. The number of benzene rings is 1. The third kappa shape index (κ3) is 7.11. The predicted octanol–water partition coefficient (Wildman–Crippen LogP) is 1.87. The van der Waals surface area contributed by atoms with Gasteiger partial charge in [0.2, 0.25) is 0 Å². The average Bonchev–Trinajstić information content (AvgIpc) is 2.53. The molecule has 8 nitrogen and oxygen atoms in total. The maximum Gasteiger partial charge on any atom is 0.338 e. The molecule has 0 unspecified atom stereocenters. The maximum atomic E-state index is 12.0. The molecule has 0 aliphatic heterocycles. The van der Waals surface area contributed by atoms with Gasteiger partial charge in [-0.15, -0.1) is 0 Å². The van der Waals surface area contributed by atoms with Gasteiger partial charge in [-0.3, -0.25) is 10.1 Å². The number of rotatable bonds is 8. The normalized spacial score (nSPS) is 10.1. The van der Waals surface area contributed by atoms with E-state index in [4.69, 9.17) is 14.2 Å². The first-order valence-corrected chi connectivity index (χ1v) is 8.04. The van der Waals surface area contributed by atoms with Gasteiger partial charge in [0.15, 0.2) is 18.1 Å². The molecule has 1 aromatic rings. The Balaban J connectivity index is 2.63. The molecule has 0 bridgehead atoms. The lowest BCUT2D eigenvalue weighted by Gasteiger charge is -2.12. The molecule has 2 N–H and O–H groups in total. The van der Waals surface area contributed by atoms with Crippen molar-refractivity contribution >= 4 is 17.9 Å². The van der Waals surface area contributed by atoms with E-state index >= 15 is 0 Å². The molecule has 25 heavy (non-hydrogen) atoms. The summed E-state index contributed by atoms with van der Waals surface area (Å²) < 4.78 is 15.7. The summed E-state index contributed by atoms with van der Waals surface area (Å²) in [6.45, 7) is 7.47. The number of amides is 3. The molecule has 8 heteroatoms. The highest BCUT2D eigenvalue weighted by Crippen LogP contribution is 2.28. The summed E-state index contributed by atoms with van der Waals surface area (Å²) in [7, 11) is 0. The van der Waals surface area contributed by atoms with E-state index in [0.29, 0.717) is 24.7 Å². The number of urea groups is 1. The van der Waals surface area contributed by atoms with E-state index in [-0.39, 0.29) is 11.6 Å². The Morgan fingerprint density at radius 2 is 1.68 bits per heavy atom.